The Bertz CT molecular complexity index is 3580. The van der Waals surface area contributed by atoms with E-state index in [9.17, 15) is 80.7 Å². The van der Waals surface area contributed by atoms with Crippen LogP contribution in [0.4, 0.5) is 11.4 Å². The van der Waals surface area contributed by atoms with Crippen LogP contribution in [-0.4, -0.2) is 141 Å². The average Bonchev–Trinajstić information content (AvgIpc) is 3.27. The van der Waals surface area contributed by atoms with E-state index in [1.807, 2.05) is 0 Å². The van der Waals surface area contributed by atoms with Gasteiger partial charge in [-0.2, -0.15) is 43.6 Å². The van der Waals surface area contributed by atoms with Crippen LogP contribution >= 0.6 is 0 Å². The van der Waals surface area contributed by atoms with Crippen LogP contribution < -0.4 is 22.5 Å². The van der Waals surface area contributed by atoms with Gasteiger partial charge in [-0.1, -0.05) is 48.6 Å². The quantitative estimate of drug-likeness (QED) is 0.0216. The summed E-state index contributed by atoms with van der Waals surface area (Å²) in [6.45, 7) is -0.244. The molecule has 0 saturated heterocycles. The van der Waals surface area contributed by atoms with Crippen molar-refractivity contribution in [3.8, 4) is 22.8 Å². The molecule has 72 heavy (non-hydrogen) atoms. The van der Waals surface area contributed by atoms with Crippen LogP contribution in [0.2, 0.25) is 12.1 Å². The van der Waals surface area contributed by atoms with Gasteiger partial charge in [-0.15, -0.1) is 0 Å². The van der Waals surface area contributed by atoms with Gasteiger partial charge in [-0.3, -0.25) is 38.2 Å². The zero-order chi connectivity index (χ0) is 52.9. The topological polar surface area (TPSA) is 477 Å². The lowest BCUT2D eigenvalue weighted by molar-refractivity contribution is 0.225. The van der Waals surface area contributed by atoms with Crippen LogP contribution in [0.25, 0.3) is 34.9 Å². The third-order valence-corrected chi connectivity index (χ3v) is 15.1. The van der Waals surface area contributed by atoms with Crippen LogP contribution in [0.3, 0.4) is 0 Å². The maximum atomic E-state index is 12.9. The fraction of sp³-hybridized carbons (Fsp3) is 0.158. The van der Waals surface area contributed by atoms with Crippen molar-refractivity contribution in [3.05, 3.63) is 119 Å². The summed E-state index contributed by atoms with van der Waals surface area (Å²) in [7, 11) is -28.3. The fourth-order valence-corrected chi connectivity index (χ4v) is 10.0. The summed E-state index contributed by atoms with van der Waals surface area (Å²) in [5, 5.41) is 0. The van der Waals surface area contributed by atoms with Gasteiger partial charge in [0, 0.05) is 36.3 Å². The average molecular weight is 1110 g/mol. The van der Waals surface area contributed by atoms with Gasteiger partial charge >= 0.3 is 17.6 Å². The molecule has 0 saturated carbocycles. The third-order valence-electron chi connectivity index (χ3n) is 9.52. The van der Waals surface area contributed by atoms with Crippen molar-refractivity contribution in [1.29, 1.82) is 0 Å². The molecule has 6 rings (SSSR count). The fourth-order valence-electron chi connectivity index (χ4n) is 6.31. The molecule has 28 nitrogen and oxygen atoms in total. The number of nitrogens with zero attached hydrogens (tertiary/aromatic N) is 6. The van der Waals surface area contributed by atoms with Crippen molar-refractivity contribution in [2.45, 2.75) is 44.5 Å². The van der Waals surface area contributed by atoms with Crippen molar-refractivity contribution in [1.82, 2.24) is 29.9 Å². The molecule has 0 aliphatic rings. The first-order valence-corrected chi connectivity index (χ1v) is 30.2. The minimum atomic E-state index is -5.10. The first kappa shape index (κ1) is 55.0. The van der Waals surface area contributed by atoms with Gasteiger partial charge in [0.2, 0.25) is 22.5 Å². The van der Waals surface area contributed by atoms with Crippen molar-refractivity contribution < 1.29 is 80.7 Å². The molecule has 0 bridgehead atoms. The molecule has 0 spiro atoms. The molecule has 0 fully saturated rings. The first-order chi connectivity index (χ1) is 33.4. The molecule has 384 valence electrons. The molecule has 34 heteroatoms. The van der Waals surface area contributed by atoms with Gasteiger partial charge in [0.1, 0.15) is 21.4 Å². The van der Waals surface area contributed by atoms with Gasteiger partial charge in [0.15, 0.2) is 0 Å². The second kappa shape index (κ2) is 21.8. The molecule has 0 atom stereocenters. The zero-order valence-electron chi connectivity index (χ0n) is 36.5. The molecule has 2 aromatic heterocycles. The Hall–Kier alpha value is -6.33. The molecule has 4 aromatic carbocycles. The maximum Gasteiger partial charge on any atom is 0.492 e. The molecule has 0 aliphatic heterocycles. The Morgan fingerprint density at radius 2 is 0.861 bits per heavy atom. The minimum absolute atomic E-state index is 0.0103. The summed E-state index contributed by atoms with van der Waals surface area (Å²) in [6, 6.07) is 15.8. The second-order valence-electron chi connectivity index (χ2n) is 15.2. The molecule has 0 amide bonds. The number of nitrogens with one attached hydrogen (secondary N) is 4. The SMILES string of the molecule is O=S(=O)(O)c1cccc(N=c2[nH]c(-c3ccc(/C=C/c4ccc(-c5nc(=NCCC[Si](O)(O)O)[nH]c(=Nc6cccc(S(=O)(=O)O)c6)[nH]5)cc4S(=O)(=O)O)c(S(=O)(=O)O)c3)nc(=NCCC[Si](O)(O)O)[nH]2)c1. The van der Waals surface area contributed by atoms with E-state index in [2.05, 4.69) is 49.9 Å². The Kier molecular flexibility index (Phi) is 16.7. The maximum absolute atomic E-state index is 12.9. The predicted molar refractivity (Wildman–Crippen MR) is 253 cm³/mol. The predicted octanol–water partition coefficient (Wildman–Crippen LogP) is -0.842. The molecule has 2 heterocycles. The van der Waals surface area contributed by atoms with E-state index in [1.165, 1.54) is 48.5 Å². The Morgan fingerprint density at radius 3 is 1.19 bits per heavy atom. The number of H-pyrrole nitrogens is 4. The molecule has 14 N–H and O–H groups in total. The summed E-state index contributed by atoms with van der Waals surface area (Å²) >= 11 is 0. The van der Waals surface area contributed by atoms with Crippen LogP contribution in [0.5, 0.6) is 0 Å². The Balaban J connectivity index is 1.43. The van der Waals surface area contributed by atoms with Crippen molar-refractivity contribution in [2.75, 3.05) is 13.1 Å². The largest absolute Gasteiger partial charge is 0.492 e. The van der Waals surface area contributed by atoms with Crippen LogP contribution in [0.15, 0.2) is 124 Å². The van der Waals surface area contributed by atoms with Gasteiger partial charge < -0.3 is 38.7 Å². The smallest absolute Gasteiger partial charge is 0.390 e. The number of hydrogen-bond acceptors (Lipinski definition) is 20. The third kappa shape index (κ3) is 16.1. The van der Waals surface area contributed by atoms with E-state index in [0.717, 1.165) is 48.6 Å². The number of benzene rings is 4. The first-order valence-electron chi connectivity index (χ1n) is 20.3. The number of rotatable bonds is 18. The van der Waals surface area contributed by atoms with E-state index in [-0.39, 0.29) is 106 Å². The minimum Gasteiger partial charge on any atom is -0.390 e. The summed E-state index contributed by atoms with van der Waals surface area (Å²) in [6.07, 6.45) is 2.17. The summed E-state index contributed by atoms with van der Waals surface area (Å²) in [5.41, 5.74) is -1.21. The second-order valence-corrected chi connectivity index (χ2v) is 25.0. The van der Waals surface area contributed by atoms with Crippen molar-refractivity contribution in [2.24, 2.45) is 20.0 Å². The number of aromatic nitrogens is 6. The summed E-state index contributed by atoms with van der Waals surface area (Å²) in [4.78, 5) is 90.5. The van der Waals surface area contributed by atoms with E-state index < -0.39 is 77.7 Å². The van der Waals surface area contributed by atoms with Crippen LogP contribution in [0, 0.1) is 0 Å². The highest BCUT2D eigenvalue weighted by molar-refractivity contribution is 7.86. The highest BCUT2D eigenvalue weighted by Gasteiger charge is 2.26. The van der Waals surface area contributed by atoms with Gasteiger partial charge in [0.25, 0.3) is 40.5 Å². The Labute approximate surface area is 409 Å². The van der Waals surface area contributed by atoms with Crippen molar-refractivity contribution >= 4 is 81.6 Å². The highest BCUT2D eigenvalue weighted by atomic mass is 32.2. The van der Waals surface area contributed by atoms with E-state index in [4.69, 9.17) is 0 Å². The molecule has 0 unspecified atom stereocenters. The number of aromatic amines is 4. The lowest BCUT2D eigenvalue weighted by Crippen LogP contribution is -2.34. The van der Waals surface area contributed by atoms with Gasteiger partial charge in [0.05, 0.1) is 21.2 Å². The summed E-state index contributed by atoms with van der Waals surface area (Å²) in [5.74, 6) is -0.299. The van der Waals surface area contributed by atoms with Crippen LogP contribution in [-0.2, 0) is 40.5 Å². The van der Waals surface area contributed by atoms with Crippen LogP contribution in [0.1, 0.15) is 24.0 Å². The molecule has 6 aromatic rings. The van der Waals surface area contributed by atoms with E-state index in [1.54, 1.807) is 0 Å². The highest BCUT2D eigenvalue weighted by Crippen LogP contribution is 2.28. The van der Waals surface area contributed by atoms with Gasteiger partial charge in [-0.05, 0) is 72.5 Å². The Morgan fingerprint density at radius 1 is 0.486 bits per heavy atom. The monoisotopic (exact) mass is 1110 g/mol. The zero-order valence-corrected chi connectivity index (χ0v) is 41.8. The molecular formula is C38H42N10O18S4Si2. The van der Waals surface area contributed by atoms with E-state index in [0.29, 0.717) is 0 Å². The van der Waals surface area contributed by atoms with Gasteiger partial charge in [-0.25, -0.2) is 9.98 Å². The molecule has 0 radical (unpaired) electrons. The number of hydrogen-bond donors (Lipinski definition) is 14. The van der Waals surface area contributed by atoms with Crippen molar-refractivity contribution in [3.63, 3.8) is 0 Å². The standard InChI is InChI=1S/C38H42N10O18S4Si2/c49-67(50,51)29-7-1-5-27(21-29)41-37-45-33(43-35(47-37)39-15-3-17-71(61,62)63)25-13-11-23(31(19-25)69(55,56)57)9-10-24-12-14-26(20-32(24)70(58,59)60)34-44-36(40-16-4-18-72(64,65)66)48-38(46-34)42-28-6-2-8-30(22-28)68(52,53)54/h1-2,5-14,19-22,61-66H,3-4,15-18H2,(H,49,50,51)(H,52,53,54)(H,55,56,57)(H,58,59,60)(H2,39,41,43,45,47)(H2,40,42,44,46,48)/b10-9+. The summed E-state index contributed by atoms with van der Waals surface area (Å²) < 4.78 is 138. The normalized spacial score (nSPS) is 14.2. The lowest BCUT2D eigenvalue weighted by atomic mass is 10.1. The lowest BCUT2D eigenvalue weighted by Gasteiger charge is -2.09. The van der Waals surface area contributed by atoms with E-state index >= 15 is 0 Å². The molecule has 0 aliphatic carbocycles. The molecular weight excluding hydrogens is 1070 g/mol.